The Bertz CT molecular complexity index is 382. The summed E-state index contributed by atoms with van der Waals surface area (Å²) in [6, 6.07) is 0. The Morgan fingerprint density at radius 3 is 3.14 bits per heavy atom. The highest BCUT2D eigenvalue weighted by atomic mass is 16.5. The van der Waals surface area contributed by atoms with Gasteiger partial charge in [-0.2, -0.15) is 0 Å². The van der Waals surface area contributed by atoms with Crippen LogP contribution in [0.3, 0.4) is 0 Å². The summed E-state index contributed by atoms with van der Waals surface area (Å²) in [5.74, 6) is 0.838. The fourth-order valence-electron chi connectivity index (χ4n) is 1.21. The summed E-state index contributed by atoms with van der Waals surface area (Å²) < 4.78 is 4.54. The first-order valence-corrected chi connectivity index (χ1v) is 4.23. The molecule has 2 heterocycles. The largest absolute Gasteiger partial charge is 0.464 e. The molecular weight excluding hydrogens is 184 g/mol. The lowest BCUT2D eigenvalue weighted by Crippen LogP contribution is -2.20. The Morgan fingerprint density at radius 1 is 1.64 bits per heavy atom. The topological polar surface area (TPSA) is 79.4 Å². The van der Waals surface area contributed by atoms with Crippen LogP contribution in [0.4, 0.5) is 0 Å². The highest BCUT2D eigenvalue weighted by Crippen LogP contribution is 2.01. The Morgan fingerprint density at radius 2 is 2.50 bits per heavy atom. The van der Waals surface area contributed by atoms with Gasteiger partial charge >= 0.3 is 5.97 Å². The number of aliphatic imine (C=N–C) groups is 1. The van der Waals surface area contributed by atoms with Gasteiger partial charge in [-0.15, -0.1) is 0 Å². The number of rotatable bonds is 2. The summed E-state index contributed by atoms with van der Waals surface area (Å²) in [5.41, 5.74) is 0.332. The monoisotopic (exact) mass is 194 g/mol. The van der Waals surface area contributed by atoms with Crippen LogP contribution >= 0.6 is 0 Å². The molecule has 2 N–H and O–H groups in total. The van der Waals surface area contributed by atoms with E-state index in [-0.39, 0.29) is 0 Å². The molecular formula is C8H10N4O2. The number of aromatic amines is 1. The molecule has 0 radical (unpaired) electrons. The van der Waals surface area contributed by atoms with Gasteiger partial charge in [0, 0.05) is 6.54 Å². The molecule has 0 fully saturated rings. The number of nitrogens with one attached hydrogen (secondary N) is 2. The summed E-state index contributed by atoms with van der Waals surface area (Å²) in [4.78, 5) is 22.1. The van der Waals surface area contributed by atoms with E-state index >= 15 is 0 Å². The molecule has 0 spiro atoms. The number of H-pyrrole nitrogens is 1. The third kappa shape index (κ3) is 1.46. The number of carbonyl (C=O) groups excluding carboxylic acids is 1. The molecule has 1 aliphatic heterocycles. The number of esters is 1. The van der Waals surface area contributed by atoms with Crippen LogP contribution in [-0.4, -0.2) is 42.0 Å². The second-order valence-corrected chi connectivity index (χ2v) is 2.79. The van der Waals surface area contributed by atoms with Gasteiger partial charge in [0.15, 0.2) is 11.7 Å². The molecule has 0 bridgehead atoms. The minimum atomic E-state index is -0.428. The number of carbonyl (C=O) groups is 1. The Balaban J connectivity index is 2.21. The number of imidazole rings is 1. The maximum absolute atomic E-state index is 11.1. The minimum absolute atomic E-state index is 0.332. The summed E-state index contributed by atoms with van der Waals surface area (Å²) in [6.07, 6.45) is 1.43. The van der Waals surface area contributed by atoms with Crippen LogP contribution < -0.4 is 5.32 Å². The van der Waals surface area contributed by atoms with E-state index < -0.39 is 5.97 Å². The van der Waals surface area contributed by atoms with E-state index in [4.69, 9.17) is 0 Å². The molecule has 6 heteroatoms. The summed E-state index contributed by atoms with van der Waals surface area (Å²) in [7, 11) is 1.33. The number of aromatic nitrogens is 2. The van der Waals surface area contributed by atoms with Crippen LogP contribution in [0.5, 0.6) is 0 Å². The molecule has 0 atom stereocenters. The summed E-state index contributed by atoms with van der Waals surface area (Å²) in [6.45, 7) is 1.55. The van der Waals surface area contributed by atoms with E-state index in [1.54, 1.807) is 0 Å². The van der Waals surface area contributed by atoms with Crippen LogP contribution in [0.15, 0.2) is 11.2 Å². The van der Waals surface area contributed by atoms with Crippen LogP contribution in [0.1, 0.15) is 16.3 Å². The van der Waals surface area contributed by atoms with Gasteiger partial charge in [0.25, 0.3) is 0 Å². The van der Waals surface area contributed by atoms with E-state index in [9.17, 15) is 4.79 Å². The van der Waals surface area contributed by atoms with Gasteiger partial charge in [-0.25, -0.2) is 9.78 Å². The van der Waals surface area contributed by atoms with Crippen molar-refractivity contribution in [2.45, 2.75) is 0 Å². The maximum Gasteiger partial charge on any atom is 0.356 e. The fourth-order valence-corrected chi connectivity index (χ4v) is 1.21. The van der Waals surface area contributed by atoms with Gasteiger partial charge in [-0.1, -0.05) is 0 Å². The number of methoxy groups -OCH3 is 1. The number of hydrogen-bond acceptors (Lipinski definition) is 5. The van der Waals surface area contributed by atoms with Crippen molar-refractivity contribution in [3.05, 3.63) is 17.7 Å². The molecule has 0 saturated heterocycles. The molecule has 2 rings (SSSR count). The van der Waals surface area contributed by atoms with Gasteiger partial charge in [-0.05, 0) is 0 Å². The molecule has 0 aliphatic carbocycles. The zero-order chi connectivity index (χ0) is 9.97. The van der Waals surface area contributed by atoms with E-state index in [2.05, 4.69) is 25.0 Å². The van der Waals surface area contributed by atoms with Crippen molar-refractivity contribution < 1.29 is 9.53 Å². The first-order chi connectivity index (χ1) is 6.81. The molecule has 0 unspecified atom stereocenters. The normalized spacial score (nSPS) is 14.8. The Labute approximate surface area is 80.4 Å². The second-order valence-electron chi connectivity index (χ2n) is 2.79. The zero-order valence-electron chi connectivity index (χ0n) is 7.70. The highest BCUT2D eigenvalue weighted by Gasteiger charge is 2.14. The van der Waals surface area contributed by atoms with Gasteiger partial charge in [0.2, 0.25) is 0 Å². The first kappa shape index (κ1) is 8.74. The first-order valence-electron chi connectivity index (χ1n) is 4.23. The van der Waals surface area contributed by atoms with Crippen LogP contribution in [0.25, 0.3) is 0 Å². The summed E-state index contributed by atoms with van der Waals surface area (Å²) in [5, 5.41) is 3.05. The standard InChI is InChI=1S/C8H10N4O2/c1-14-8(13)5-4-11-7(12-5)6-9-2-3-10-6/h4H,2-3H2,1H3,(H,9,10)(H,11,12). The molecule has 1 aromatic rings. The molecule has 1 aromatic heterocycles. The van der Waals surface area contributed by atoms with E-state index in [1.807, 2.05) is 0 Å². The SMILES string of the molecule is COC(=O)c1cnc(C2=NCCN2)[nH]1. The lowest BCUT2D eigenvalue weighted by Gasteiger charge is -1.96. The number of hydrogen-bond donors (Lipinski definition) is 2. The van der Waals surface area contributed by atoms with Crippen molar-refractivity contribution in [3.8, 4) is 0 Å². The van der Waals surface area contributed by atoms with E-state index in [0.29, 0.717) is 17.4 Å². The van der Waals surface area contributed by atoms with Crippen LogP contribution in [-0.2, 0) is 4.74 Å². The average Bonchev–Trinajstić information content (AvgIpc) is 2.86. The lowest BCUT2D eigenvalue weighted by molar-refractivity contribution is 0.0594. The molecule has 1 aliphatic rings. The number of ether oxygens (including phenoxy) is 1. The lowest BCUT2D eigenvalue weighted by atomic mass is 10.5. The Hall–Kier alpha value is -1.85. The number of amidine groups is 1. The molecule has 74 valence electrons. The van der Waals surface area contributed by atoms with Crippen LogP contribution in [0, 0.1) is 0 Å². The molecule has 0 saturated carbocycles. The highest BCUT2D eigenvalue weighted by molar-refractivity contribution is 5.98. The third-order valence-corrected chi connectivity index (χ3v) is 1.88. The Kier molecular flexibility index (Phi) is 2.18. The predicted octanol–water partition coefficient (Wildman–Crippen LogP) is -0.454. The van der Waals surface area contributed by atoms with Crippen molar-refractivity contribution in [3.63, 3.8) is 0 Å². The smallest absolute Gasteiger partial charge is 0.356 e. The van der Waals surface area contributed by atoms with Crippen molar-refractivity contribution >= 4 is 11.8 Å². The van der Waals surface area contributed by atoms with Gasteiger partial charge < -0.3 is 15.0 Å². The minimum Gasteiger partial charge on any atom is -0.464 e. The third-order valence-electron chi connectivity index (χ3n) is 1.88. The summed E-state index contributed by atoms with van der Waals surface area (Å²) >= 11 is 0. The van der Waals surface area contributed by atoms with Crippen molar-refractivity contribution in [1.29, 1.82) is 0 Å². The molecule has 6 nitrogen and oxygen atoms in total. The van der Waals surface area contributed by atoms with E-state index in [0.717, 1.165) is 13.1 Å². The van der Waals surface area contributed by atoms with Gasteiger partial charge in [0.1, 0.15) is 5.69 Å². The average molecular weight is 194 g/mol. The molecule has 14 heavy (non-hydrogen) atoms. The maximum atomic E-state index is 11.1. The zero-order valence-corrected chi connectivity index (χ0v) is 7.70. The van der Waals surface area contributed by atoms with Gasteiger partial charge in [-0.3, -0.25) is 4.99 Å². The quantitative estimate of drug-likeness (QED) is 0.625. The predicted molar refractivity (Wildman–Crippen MR) is 49.3 cm³/mol. The fraction of sp³-hybridized carbons (Fsp3) is 0.375. The molecule has 0 amide bonds. The molecule has 0 aromatic carbocycles. The van der Waals surface area contributed by atoms with Crippen molar-refractivity contribution in [2.24, 2.45) is 4.99 Å². The van der Waals surface area contributed by atoms with Gasteiger partial charge in [0.05, 0.1) is 19.9 Å². The van der Waals surface area contributed by atoms with E-state index in [1.165, 1.54) is 13.3 Å². The van der Waals surface area contributed by atoms with Crippen molar-refractivity contribution in [1.82, 2.24) is 15.3 Å². The second kappa shape index (κ2) is 3.49. The number of nitrogens with zero attached hydrogens (tertiary/aromatic N) is 2. The van der Waals surface area contributed by atoms with Crippen molar-refractivity contribution in [2.75, 3.05) is 20.2 Å². The van der Waals surface area contributed by atoms with Crippen LogP contribution in [0.2, 0.25) is 0 Å².